The normalized spacial score (nSPS) is 13.2. The van der Waals surface area contributed by atoms with Crippen LogP contribution in [-0.4, -0.2) is 36.9 Å². The second-order valence-corrected chi connectivity index (χ2v) is 16.3. The smallest absolute Gasteiger partial charge is 0.308 e. The van der Waals surface area contributed by atoms with Gasteiger partial charge in [0.25, 0.3) is 0 Å². The van der Waals surface area contributed by atoms with E-state index in [1.54, 1.807) is 0 Å². The van der Waals surface area contributed by atoms with Gasteiger partial charge in [0, 0.05) is 6.61 Å². The van der Waals surface area contributed by atoms with Crippen molar-refractivity contribution in [1.29, 1.82) is 0 Å². The van der Waals surface area contributed by atoms with E-state index in [1.165, 1.54) is 135 Å². The zero-order valence-corrected chi connectivity index (χ0v) is 35.7. The van der Waals surface area contributed by atoms with Gasteiger partial charge in [0.1, 0.15) is 0 Å². The highest BCUT2D eigenvalue weighted by atomic mass is 16.5. The molecule has 52 heavy (non-hydrogen) atoms. The van der Waals surface area contributed by atoms with Crippen LogP contribution in [0, 0.1) is 17.8 Å². The topological polar surface area (TPSA) is 72.8 Å². The largest absolute Gasteiger partial charge is 0.465 e. The van der Waals surface area contributed by atoms with Crippen LogP contribution < -0.4 is 0 Å². The summed E-state index contributed by atoms with van der Waals surface area (Å²) in [5, 5.41) is 9.29. The first-order chi connectivity index (χ1) is 25.5. The Morgan fingerprint density at radius 3 is 1.02 bits per heavy atom. The molecule has 2 atom stereocenters. The SMILES string of the molecule is CCCCCCC(CCCC)C(=O)OCCCCCCCCCC(CCCCO)CCCCCCCCCOC(=O)C(CCCC)CCCCCC. The minimum Gasteiger partial charge on any atom is -0.465 e. The fraction of sp³-hybridized carbons (Fsp3) is 0.957. The maximum atomic E-state index is 12.7. The number of aliphatic hydroxyl groups excluding tert-OH is 1. The molecule has 0 spiro atoms. The van der Waals surface area contributed by atoms with Crippen molar-refractivity contribution in [2.75, 3.05) is 19.8 Å². The number of carbonyl (C=O) groups excluding carboxylic acids is 2. The predicted octanol–water partition coefficient (Wildman–Crippen LogP) is 14.6. The van der Waals surface area contributed by atoms with E-state index in [2.05, 4.69) is 27.7 Å². The number of hydrogen-bond acceptors (Lipinski definition) is 5. The first-order valence-electron chi connectivity index (χ1n) is 23.5. The number of aliphatic hydroxyl groups is 1. The zero-order valence-electron chi connectivity index (χ0n) is 35.7. The van der Waals surface area contributed by atoms with E-state index >= 15 is 0 Å². The third-order valence-electron chi connectivity index (χ3n) is 11.3. The van der Waals surface area contributed by atoms with Crippen LogP contribution in [0.1, 0.15) is 252 Å². The van der Waals surface area contributed by atoms with Crippen molar-refractivity contribution in [2.45, 2.75) is 252 Å². The van der Waals surface area contributed by atoms with Crippen LogP contribution in [0.15, 0.2) is 0 Å². The molecule has 0 aliphatic heterocycles. The molecule has 0 saturated heterocycles. The highest BCUT2D eigenvalue weighted by Crippen LogP contribution is 2.25. The van der Waals surface area contributed by atoms with Gasteiger partial charge in [-0.05, 0) is 50.9 Å². The molecule has 0 fully saturated rings. The molecule has 0 bridgehead atoms. The van der Waals surface area contributed by atoms with Crippen LogP contribution in [-0.2, 0) is 19.1 Å². The average molecular weight is 737 g/mol. The number of esters is 2. The van der Waals surface area contributed by atoms with Gasteiger partial charge in [0.05, 0.1) is 25.0 Å². The average Bonchev–Trinajstić information content (AvgIpc) is 3.15. The summed E-state index contributed by atoms with van der Waals surface area (Å²) >= 11 is 0. The molecule has 0 rings (SSSR count). The van der Waals surface area contributed by atoms with Crippen LogP contribution in [0.2, 0.25) is 0 Å². The number of unbranched alkanes of at least 4 members (excludes halogenated alkanes) is 21. The Balaban J connectivity index is 3.99. The molecule has 0 radical (unpaired) electrons. The van der Waals surface area contributed by atoms with E-state index in [-0.39, 0.29) is 23.8 Å². The van der Waals surface area contributed by atoms with E-state index in [4.69, 9.17) is 9.47 Å². The molecule has 0 aliphatic rings. The molecule has 5 nitrogen and oxygen atoms in total. The van der Waals surface area contributed by atoms with Gasteiger partial charge in [-0.25, -0.2) is 0 Å². The molecule has 0 aromatic carbocycles. The second kappa shape index (κ2) is 41.1. The minimum atomic E-state index is 0.0592. The monoisotopic (exact) mass is 737 g/mol. The predicted molar refractivity (Wildman–Crippen MR) is 224 cm³/mol. The van der Waals surface area contributed by atoms with E-state index in [1.807, 2.05) is 0 Å². The molecule has 1 N–H and O–H groups in total. The third-order valence-corrected chi connectivity index (χ3v) is 11.3. The van der Waals surface area contributed by atoms with Crippen molar-refractivity contribution in [3.8, 4) is 0 Å². The summed E-state index contributed by atoms with van der Waals surface area (Å²) in [5.41, 5.74) is 0. The van der Waals surface area contributed by atoms with Crippen LogP contribution in [0.4, 0.5) is 0 Å². The number of ether oxygens (including phenoxy) is 2. The molecule has 0 aromatic heterocycles. The molecule has 310 valence electrons. The lowest BCUT2D eigenvalue weighted by Gasteiger charge is -2.17. The summed E-state index contributed by atoms with van der Waals surface area (Å²) in [7, 11) is 0. The van der Waals surface area contributed by atoms with Gasteiger partial charge in [-0.3, -0.25) is 9.59 Å². The van der Waals surface area contributed by atoms with Gasteiger partial charge in [0.2, 0.25) is 0 Å². The van der Waals surface area contributed by atoms with E-state index in [0.717, 1.165) is 95.8 Å². The van der Waals surface area contributed by atoms with Crippen molar-refractivity contribution >= 4 is 11.9 Å². The second-order valence-electron chi connectivity index (χ2n) is 16.3. The summed E-state index contributed by atoms with van der Waals surface area (Å²) in [6, 6.07) is 0. The first kappa shape index (κ1) is 50.9. The van der Waals surface area contributed by atoms with Crippen molar-refractivity contribution in [3.63, 3.8) is 0 Å². The number of carbonyl (C=O) groups is 2. The zero-order chi connectivity index (χ0) is 38.2. The summed E-state index contributed by atoms with van der Waals surface area (Å²) in [6.07, 6.45) is 41.8. The molecular formula is C47H92O5. The maximum absolute atomic E-state index is 12.7. The van der Waals surface area contributed by atoms with Crippen LogP contribution in [0.5, 0.6) is 0 Å². The first-order valence-corrected chi connectivity index (χ1v) is 23.5. The van der Waals surface area contributed by atoms with Crippen molar-refractivity contribution < 1.29 is 24.2 Å². The van der Waals surface area contributed by atoms with Crippen LogP contribution in [0.25, 0.3) is 0 Å². The highest BCUT2D eigenvalue weighted by molar-refractivity contribution is 5.72. The highest BCUT2D eigenvalue weighted by Gasteiger charge is 2.20. The van der Waals surface area contributed by atoms with E-state index < -0.39 is 0 Å². The molecule has 5 heteroatoms. The molecule has 0 heterocycles. The lowest BCUT2D eigenvalue weighted by molar-refractivity contribution is -0.150. The Labute approximate surface area is 325 Å². The van der Waals surface area contributed by atoms with Gasteiger partial charge >= 0.3 is 11.9 Å². The summed E-state index contributed by atoms with van der Waals surface area (Å²) in [4.78, 5) is 25.3. The Bertz CT molecular complexity index is 683. The fourth-order valence-corrected chi connectivity index (χ4v) is 7.69. The summed E-state index contributed by atoms with van der Waals surface area (Å²) < 4.78 is 11.4. The minimum absolute atomic E-state index is 0.0592. The lowest BCUT2D eigenvalue weighted by Crippen LogP contribution is -2.18. The number of rotatable bonds is 42. The Morgan fingerprint density at radius 1 is 0.365 bits per heavy atom. The molecule has 0 aliphatic carbocycles. The Hall–Kier alpha value is -1.10. The molecular weight excluding hydrogens is 645 g/mol. The van der Waals surface area contributed by atoms with Gasteiger partial charge in [-0.1, -0.05) is 207 Å². The quantitative estimate of drug-likeness (QED) is 0.0499. The summed E-state index contributed by atoms with van der Waals surface area (Å²) in [5.74, 6) is 1.16. The standard InChI is InChI=1S/C47H92O5/c1-5-9-13-27-38-44(36-11-7-3)46(49)51-41-31-23-19-15-17-21-25-33-43(35-29-30-40-48)34-26-22-18-16-20-24-32-42-52-47(50)45(37-12-8-4)39-28-14-10-6-2/h43-45,48H,5-42H2,1-4H3. The van der Waals surface area contributed by atoms with Gasteiger partial charge in [-0.15, -0.1) is 0 Å². The molecule has 0 aromatic rings. The Kier molecular flexibility index (Phi) is 40.2. The van der Waals surface area contributed by atoms with E-state index in [9.17, 15) is 14.7 Å². The Morgan fingerprint density at radius 2 is 0.654 bits per heavy atom. The maximum Gasteiger partial charge on any atom is 0.308 e. The number of hydrogen-bond donors (Lipinski definition) is 1. The van der Waals surface area contributed by atoms with Crippen molar-refractivity contribution in [2.24, 2.45) is 17.8 Å². The van der Waals surface area contributed by atoms with Crippen molar-refractivity contribution in [1.82, 2.24) is 0 Å². The van der Waals surface area contributed by atoms with E-state index in [0.29, 0.717) is 19.8 Å². The van der Waals surface area contributed by atoms with Crippen molar-refractivity contribution in [3.05, 3.63) is 0 Å². The summed E-state index contributed by atoms with van der Waals surface area (Å²) in [6.45, 7) is 10.4. The van der Waals surface area contributed by atoms with Crippen LogP contribution >= 0.6 is 0 Å². The van der Waals surface area contributed by atoms with Gasteiger partial charge < -0.3 is 14.6 Å². The molecule has 0 amide bonds. The molecule has 2 unspecified atom stereocenters. The van der Waals surface area contributed by atoms with Gasteiger partial charge in [0.15, 0.2) is 0 Å². The third kappa shape index (κ3) is 33.5. The van der Waals surface area contributed by atoms with Gasteiger partial charge in [-0.2, -0.15) is 0 Å². The lowest BCUT2D eigenvalue weighted by atomic mass is 9.90. The molecule has 0 saturated carbocycles. The van der Waals surface area contributed by atoms with Crippen LogP contribution in [0.3, 0.4) is 0 Å². The fourth-order valence-electron chi connectivity index (χ4n) is 7.69.